The first-order chi connectivity index (χ1) is 9.15. The summed E-state index contributed by atoms with van der Waals surface area (Å²) >= 11 is 0. The van der Waals surface area contributed by atoms with Gasteiger partial charge in [-0.1, -0.05) is 45.4 Å². The Morgan fingerprint density at radius 2 is 2.05 bits per heavy atom. The first-order valence-electron chi connectivity index (χ1n) is 7.25. The Labute approximate surface area is 116 Å². The van der Waals surface area contributed by atoms with E-state index >= 15 is 0 Å². The number of benzene rings is 1. The van der Waals surface area contributed by atoms with E-state index in [4.69, 9.17) is 4.98 Å². The normalized spacial score (nSPS) is 11.2. The zero-order chi connectivity index (χ0) is 13.8. The summed E-state index contributed by atoms with van der Waals surface area (Å²) in [5.74, 6) is 0.632. The van der Waals surface area contributed by atoms with Crippen molar-refractivity contribution in [1.82, 2.24) is 4.98 Å². The molecule has 0 atom stereocenters. The second kappa shape index (κ2) is 6.05. The molecule has 102 valence electrons. The molecule has 1 aromatic heterocycles. The van der Waals surface area contributed by atoms with Gasteiger partial charge in [0.2, 0.25) is 0 Å². The van der Waals surface area contributed by atoms with Gasteiger partial charge in [-0.05, 0) is 30.4 Å². The Morgan fingerprint density at radius 1 is 1.26 bits per heavy atom. The Morgan fingerprint density at radius 3 is 2.68 bits per heavy atom. The smallest absolute Gasteiger partial charge is 0.0758 e. The minimum Gasteiger partial charge on any atom is -0.388 e. The Hall–Kier alpha value is -1.57. The molecule has 2 nitrogen and oxygen atoms in total. The lowest BCUT2D eigenvalue weighted by molar-refractivity contribution is 0.637. The molecule has 0 aliphatic heterocycles. The highest BCUT2D eigenvalue weighted by Gasteiger charge is 2.09. The number of nitrogens with zero attached hydrogens (tertiary/aromatic N) is 1. The highest BCUT2D eigenvalue weighted by molar-refractivity contribution is 5.93. The van der Waals surface area contributed by atoms with Gasteiger partial charge >= 0.3 is 0 Å². The Balaban J connectivity index is 2.60. The van der Waals surface area contributed by atoms with Crippen LogP contribution in [0.4, 0.5) is 5.69 Å². The molecule has 0 fully saturated rings. The van der Waals surface area contributed by atoms with Gasteiger partial charge in [0.1, 0.15) is 0 Å². The molecule has 0 saturated heterocycles. The number of para-hydroxylation sites is 1. The van der Waals surface area contributed by atoms with E-state index in [1.54, 1.807) is 0 Å². The summed E-state index contributed by atoms with van der Waals surface area (Å²) in [4.78, 5) is 4.90. The van der Waals surface area contributed by atoms with Crippen molar-refractivity contribution in [2.45, 2.75) is 40.0 Å². The quantitative estimate of drug-likeness (QED) is 0.856. The minimum absolute atomic E-state index is 0.632. The van der Waals surface area contributed by atoms with Crippen LogP contribution >= 0.6 is 0 Å². The van der Waals surface area contributed by atoms with Crippen molar-refractivity contribution in [3.63, 3.8) is 0 Å². The minimum atomic E-state index is 0.632. The molecular weight excluding hydrogens is 232 g/mol. The highest BCUT2D eigenvalue weighted by Crippen LogP contribution is 2.27. The SMILES string of the molecule is CCCc1cccc2c(NC)cc(CC(C)C)nc12. The number of rotatable bonds is 5. The van der Waals surface area contributed by atoms with Crippen LogP contribution in [0, 0.1) is 5.92 Å². The van der Waals surface area contributed by atoms with Crippen molar-refractivity contribution in [3.8, 4) is 0 Å². The van der Waals surface area contributed by atoms with E-state index in [1.807, 2.05) is 7.05 Å². The van der Waals surface area contributed by atoms with E-state index < -0.39 is 0 Å². The molecule has 2 rings (SSSR count). The van der Waals surface area contributed by atoms with Crippen molar-refractivity contribution in [2.24, 2.45) is 5.92 Å². The summed E-state index contributed by atoms with van der Waals surface area (Å²) in [5.41, 5.74) is 4.92. The van der Waals surface area contributed by atoms with Crippen molar-refractivity contribution in [1.29, 1.82) is 0 Å². The molecule has 1 aromatic carbocycles. The van der Waals surface area contributed by atoms with Gasteiger partial charge in [-0.3, -0.25) is 4.98 Å². The van der Waals surface area contributed by atoms with Crippen molar-refractivity contribution < 1.29 is 0 Å². The molecule has 0 aliphatic carbocycles. The van der Waals surface area contributed by atoms with Crippen LogP contribution in [0.25, 0.3) is 10.9 Å². The average molecular weight is 256 g/mol. The molecule has 1 N–H and O–H groups in total. The van der Waals surface area contributed by atoms with E-state index in [2.05, 4.69) is 50.4 Å². The largest absolute Gasteiger partial charge is 0.388 e. The number of pyridine rings is 1. The van der Waals surface area contributed by atoms with Crippen LogP contribution in [-0.2, 0) is 12.8 Å². The summed E-state index contributed by atoms with van der Waals surface area (Å²) in [6.07, 6.45) is 3.29. The second-order valence-electron chi connectivity index (χ2n) is 5.57. The van der Waals surface area contributed by atoms with Gasteiger partial charge in [0.15, 0.2) is 0 Å². The molecule has 2 heteroatoms. The summed E-state index contributed by atoms with van der Waals surface area (Å²) in [6, 6.07) is 8.69. The van der Waals surface area contributed by atoms with Gasteiger partial charge in [0.05, 0.1) is 5.52 Å². The van der Waals surface area contributed by atoms with Crippen molar-refractivity contribution in [3.05, 3.63) is 35.5 Å². The van der Waals surface area contributed by atoms with Crippen LogP contribution < -0.4 is 5.32 Å². The number of aromatic nitrogens is 1. The predicted molar refractivity (Wildman–Crippen MR) is 83.8 cm³/mol. The van der Waals surface area contributed by atoms with E-state index in [0.717, 1.165) is 19.3 Å². The maximum atomic E-state index is 4.90. The monoisotopic (exact) mass is 256 g/mol. The molecule has 0 amide bonds. The van der Waals surface area contributed by atoms with Gasteiger partial charge in [0.25, 0.3) is 0 Å². The molecule has 2 aromatic rings. The first kappa shape index (κ1) is 13.9. The third-order valence-electron chi connectivity index (χ3n) is 3.38. The van der Waals surface area contributed by atoms with Gasteiger partial charge in [-0.15, -0.1) is 0 Å². The van der Waals surface area contributed by atoms with Crippen LogP contribution in [0.3, 0.4) is 0 Å². The van der Waals surface area contributed by atoms with E-state index in [0.29, 0.717) is 5.92 Å². The maximum Gasteiger partial charge on any atom is 0.0758 e. The lowest BCUT2D eigenvalue weighted by Crippen LogP contribution is -2.02. The van der Waals surface area contributed by atoms with Crippen LogP contribution in [0.1, 0.15) is 38.4 Å². The maximum absolute atomic E-state index is 4.90. The summed E-state index contributed by atoms with van der Waals surface area (Å²) in [6.45, 7) is 6.70. The average Bonchev–Trinajstić information content (AvgIpc) is 2.38. The van der Waals surface area contributed by atoms with Gasteiger partial charge in [0, 0.05) is 23.8 Å². The lowest BCUT2D eigenvalue weighted by atomic mass is 10.0. The fraction of sp³-hybridized carbons (Fsp3) is 0.471. The van der Waals surface area contributed by atoms with Crippen molar-refractivity contribution >= 4 is 16.6 Å². The summed E-state index contributed by atoms with van der Waals surface area (Å²) in [7, 11) is 1.99. The van der Waals surface area contributed by atoms with Crippen LogP contribution in [-0.4, -0.2) is 12.0 Å². The van der Waals surface area contributed by atoms with Gasteiger partial charge < -0.3 is 5.32 Å². The zero-order valence-electron chi connectivity index (χ0n) is 12.5. The molecule has 0 spiro atoms. The molecule has 0 unspecified atom stereocenters. The highest BCUT2D eigenvalue weighted by atomic mass is 14.8. The molecule has 1 heterocycles. The molecule has 0 radical (unpaired) electrons. The molecule has 19 heavy (non-hydrogen) atoms. The second-order valence-corrected chi connectivity index (χ2v) is 5.57. The number of nitrogens with one attached hydrogen (secondary N) is 1. The number of hydrogen-bond donors (Lipinski definition) is 1. The number of hydrogen-bond acceptors (Lipinski definition) is 2. The van der Waals surface area contributed by atoms with Gasteiger partial charge in [-0.25, -0.2) is 0 Å². The standard InChI is InChI=1S/C17H24N2/c1-5-7-13-8-6-9-15-16(18-4)11-14(10-12(2)3)19-17(13)15/h6,8-9,11-12H,5,7,10H2,1-4H3,(H,18,19). The van der Waals surface area contributed by atoms with Crippen LogP contribution in [0.15, 0.2) is 24.3 Å². The fourth-order valence-electron chi connectivity index (χ4n) is 2.56. The van der Waals surface area contributed by atoms with E-state index in [-0.39, 0.29) is 0 Å². The summed E-state index contributed by atoms with van der Waals surface area (Å²) < 4.78 is 0. The molecule has 0 aliphatic rings. The van der Waals surface area contributed by atoms with E-state index in [1.165, 1.54) is 27.8 Å². The molecule has 0 saturated carbocycles. The van der Waals surface area contributed by atoms with Crippen molar-refractivity contribution in [2.75, 3.05) is 12.4 Å². The zero-order valence-corrected chi connectivity index (χ0v) is 12.5. The third-order valence-corrected chi connectivity index (χ3v) is 3.38. The number of fused-ring (bicyclic) bond motifs is 1. The summed E-state index contributed by atoms with van der Waals surface area (Å²) in [5, 5.41) is 4.55. The van der Waals surface area contributed by atoms with E-state index in [9.17, 15) is 0 Å². The topological polar surface area (TPSA) is 24.9 Å². The first-order valence-corrected chi connectivity index (χ1v) is 7.25. The van der Waals surface area contributed by atoms with Crippen LogP contribution in [0.5, 0.6) is 0 Å². The Bertz CT molecular complexity index is 558. The lowest BCUT2D eigenvalue weighted by Gasteiger charge is -2.13. The number of anilines is 1. The Kier molecular flexibility index (Phi) is 4.41. The van der Waals surface area contributed by atoms with Crippen LogP contribution in [0.2, 0.25) is 0 Å². The number of aryl methyl sites for hydroxylation is 1. The molecular formula is C17H24N2. The predicted octanol–water partition coefficient (Wildman–Crippen LogP) is 4.43. The fourth-order valence-corrected chi connectivity index (χ4v) is 2.56. The molecule has 0 bridgehead atoms. The van der Waals surface area contributed by atoms with Gasteiger partial charge in [-0.2, -0.15) is 0 Å². The third kappa shape index (κ3) is 3.06.